The first kappa shape index (κ1) is 15.1. The molecule has 0 amide bonds. The molecule has 0 saturated heterocycles. The lowest BCUT2D eigenvalue weighted by molar-refractivity contribution is 0.889. The number of aryl methyl sites for hydroxylation is 1. The van der Waals surface area contributed by atoms with Crippen molar-refractivity contribution in [1.82, 2.24) is 9.97 Å². The first-order valence-corrected chi connectivity index (χ1v) is 7.74. The third-order valence-electron chi connectivity index (χ3n) is 2.46. The van der Waals surface area contributed by atoms with Gasteiger partial charge in [0.15, 0.2) is 0 Å². The maximum atomic E-state index is 4.52. The summed E-state index contributed by atoms with van der Waals surface area (Å²) in [5, 5.41) is 6.66. The minimum Gasteiger partial charge on any atom is -0.366 e. The van der Waals surface area contributed by atoms with Gasteiger partial charge in [-0.1, -0.05) is 13.8 Å². The summed E-state index contributed by atoms with van der Waals surface area (Å²) in [6.45, 7) is 9.43. The van der Waals surface area contributed by atoms with Gasteiger partial charge in [0.1, 0.15) is 5.82 Å². The molecule has 102 valence electrons. The van der Waals surface area contributed by atoms with Crippen LogP contribution in [0.4, 0.5) is 11.8 Å². The van der Waals surface area contributed by atoms with Gasteiger partial charge < -0.3 is 10.6 Å². The molecule has 0 spiro atoms. The van der Waals surface area contributed by atoms with Crippen LogP contribution in [0.25, 0.3) is 0 Å². The van der Waals surface area contributed by atoms with E-state index in [9.17, 15) is 0 Å². The van der Waals surface area contributed by atoms with Crippen LogP contribution in [0.1, 0.15) is 32.8 Å². The molecule has 1 rings (SSSR count). The van der Waals surface area contributed by atoms with Crippen LogP contribution in [0.3, 0.4) is 0 Å². The van der Waals surface area contributed by atoms with Crippen molar-refractivity contribution in [2.45, 2.75) is 40.2 Å². The molecule has 2 N–H and O–H groups in total. The molecule has 0 bridgehead atoms. The molecule has 1 unspecified atom stereocenters. The zero-order valence-electron chi connectivity index (χ0n) is 11.8. The molecular formula is C13H24N4S. The summed E-state index contributed by atoms with van der Waals surface area (Å²) >= 11 is 1.94. The summed E-state index contributed by atoms with van der Waals surface area (Å²) < 4.78 is 0. The standard InChI is InChI=1S/C13H24N4S/c1-5-7-14-13-15-8-10(3)12(17-13)16-11(4)9-18-6-2/h8,11H,5-7,9H2,1-4H3,(H2,14,15,16,17). The van der Waals surface area contributed by atoms with Crippen molar-refractivity contribution in [3.63, 3.8) is 0 Å². The second-order valence-electron chi connectivity index (χ2n) is 4.36. The Labute approximate surface area is 114 Å². The van der Waals surface area contributed by atoms with Gasteiger partial charge in [-0.3, -0.25) is 0 Å². The van der Waals surface area contributed by atoms with Crippen molar-refractivity contribution >= 4 is 23.5 Å². The fourth-order valence-electron chi connectivity index (χ4n) is 1.48. The van der Waals surface area contributed by atoms with Gasteiger partial charge >= 0.3 is 0 Å². The minimum atomic E-state index is 0.419. The Hall–Kier alpha value is -0.970. The van der Waals surface area contributed by atoms with Crippen LogP contribution in [-0.2, 0) is 0 Å². The highest BCUT2D eigenvalue weighted by molar-refractivity contribution is 7.99. The predicted molar refractivity (Wildman–Crippen MR) is 81.6 cm³/mol. The Kier molecular flexibility index (Phi) is 6.86. The molecule has 0 aliphatic carbocycles. The fourth-order valence-corrected chi connectivity index (χ4v) is 2.15. The SMILES string of the molecule is CCCNc1ncc(C)c(NC(C)CSCC)n1. The topological polar surface area (TPSA) is 49.8 Å². The number of hydrogen-bond acceptors (Lipinski definition) is 5. The van der Waals surface area contributed by atoms with Gasteiger partial charge in [-0.05, 0) is 26.0 Å². The van der Waals surface area contributed by atoms with Crippen LogP contribution in [0.5, 0.6) is 0 Å². The smallest absolute Gasteiger partial charge is 0.224 e. The third kappa shape index (κ3) is 5.12. The molecule has 4 nitrogen and oxygen atoms in total. The first-order valence-electron chi connectivity index (χ1n) is 6.59. The van der Waals surface area contributed by atoms with E-state index in [-0.39, 0.29) is 0 Å². The monoisotopic (exact) mass is 268 g/mol. The molecule has 1 aromatic rings. The summed E-state index contributed by atoms with van der Waals surface area (Å²) in [4.78, 5) is 8.79. The van der Waals surface area contributed by atoms with Gasteiger partial charge in [-0.2, -0.15) is 16.7 Å². The number of thioether (sulfide) groups is 1. The van der Waals surface area contributed by atoms with Gasteiger partial charge in [0.25, 0.3) is 0 Å². The second kappa shape index (κ2) is 8.19. The molecule has 5 heteroatoms. The Morgan fingerprint density at radius 2 is 2.17 bits per heavy atom. The van der Waals surface area contributed by atoms with E-state index in [4.69, 9.17) is 0 Å². The Morgan fingerprint density at radius 3 is 2.83 bits per heavy atom. The molecule has 0 radical (unpaired) electrons. The van der Waals surface area contributed by atoms with Crippen LogP contribution >= 0.6 is 11.8 Å². The Morgan fingerprint density at radius 1 is 1.39 bits per heavy atom. The van der Waals surface area contributed by atoms with Crippen LogP contribution in [0.2, 0.25) is 0 Å². The molecule has 0 aromatic carbocycles. The molecule has 18 heavy (non-hydrogen) atoms. The van der Waals surface area contributed by atoms with E-state index < -0.39 is 0 Å². The van der Waals surface area contributed by atoms with Crippen LogP contribution in [0.15, 0.2) is 6.20 Å². The maximum absolute atomic E-state index is 4.52. The van der Waals surface area contributed by atoms with E-state index in [1.165, 1.54) is 0 Å². The zero-order valence-corrected chi connectivity index (χ0v) is 12.6. The van der Waals surface area contributed by atoms with Crippen LogP contribution in [-0.4, -0.2) is 34.1 Å². The number of aromatic nitrogens is 2. The van der Waals surface area contributed by atoms with Crippen LogP contribution < -0.4 is 10.6 Å². The molecule has 1 atom stereocenters. The number of rotatable bonds is 8. The normalized spacial score (nSPS) is 12.2. The van der Waals surface area contributed by atoms with Gasteiger partial charge in [0, 0.05) is 30.1 Å². The number of nitrogens with zero attached hydrogens (tertiary/aromatic N) is 2. The van der Waals surface area contributed by atoms with Crippen molar-refractivity contribution in [1.29, 1.82) is 0 Å². The third-order valence-corrected chi connectivity index (χ3v) is 3.60. The lowest BCUT2D eigenvalue weighted by atomic mass is 10.3. The van der Waals surface area contributed by atoms with Gasteiger partial charge in [-0.25, -0.2) is 4.98 Å². The van der Waals surface area contributed by atoms with E-state index in [0.29, 0.717) is 12.0 Å². The summed E-state index contributed by atoms with van der Waals surface area (Å²) in [6.07, 6.45) is 2.94. The quantitative estimate of drug-likeness (QED) is 0.758. The van der Waals surface area contributed by atoms with E-state index in [2.05, 4.69) is 41.4 Å². The Balaban J connectivity index is 2.62. The molecule has 1 heterocycles. The highest BCUT2D eigenvalue weighted by Crippen LogP contribution is 2.15. The predicted octanol–water partition coefficient (Wildman–Crippen LogP) is 3.16. The molecule has 0 fully saturated rings. The van der Waals surface area contributed by atoms with E-state index in [0.717, 1.165) is 35.9 Å². The summed E-state index contributed by atoms with van der Waals surface area (Å²) in [5.74, 6) is 3.89. The average molecular weight is 268 g/mol. The van der Waals surface area contributed by atoms with Gasteiger partial charge in [0.2, 0.25) is 5.95 Å². The first-order chi connectivity index (χ1) is 8.67. The van der Waals surface area contributed by atoms with Crippen molar-refractivity contribution in [2.24, 2.45) is 0 Å². The molecule has 1 aromatic heterocycles. The van der Waals surface area contributed by atoms with E-state index in [1.54, 1.807) is 0 Å². The molecule has 0 saturated carbocycles. The Bertz CT molecular complexity index is 357. The number of anilines is 2. The highest BCUT2D eigenvalue weighted by atomic mass is 32.2. The average Bonchev–Trinajstić information content (AvgIpc) is 2.37. The van der Waals surface area contributed by atoms with Crippen molar-refractivity contribution in [3.05, 3.63) is 11.8 Å². The van der Waals surface area contributed by atoms with Gasteiger partial charge in [-0.15, -0.1) is 0 Å². The van der Waals surface area contributed by atoms with E-state index >= 15 is 0 Å². The van der Waals surface area contributed by atoms with Crippen LogP contribution in [0, 0.1) is 6.92 Å². The summed E-state index contributed by atoms with van der Waals surface area (Å²) in [6, 6.07) is 0.419. The fraction of sp³-hybridized carbons (Fsp3) is 0.692. The van der Waals surface area contributed by atoms with Crippen molar-refractivity contribution in [3.8, 4) is 0 Å². The lowest BCUT2D eigenvalue weighted by Gasteiger charge is -2.16. The number of hydrogen-bond donors (Lipinski definition) is 2. The van der Waals surface area contributed by atoms with Gasteiger partial charge in [0.05, 0.1) is 0 Å². The second-order valence-corrected chi connectivity index (χ2v) is 5.68. The summed E-state index contributed by atoms with van der Waals surface area (Å²) in [7, 11) is 0. The molecule has 0 aliphatic rings. The van der Waals surface area contributed by atoms with Crippen molar-refractivity contribution in [2.75, 3.05) is 28.7 Å². The molecular weight excluding hydrogens is 244 g/mol. The van der Waals surface area contributed by atoms with Crippen molar-refractivity contribution < 1.29 is 0 Å². The minimum absolute atomic E-state index is 0.419. The lowest BCUT2D eigenvalue weighted by Crippen LogP contribution is -2.20. The zero-order chi connectivity index (χ0) is 13.4. The molecule has 0 aliphatic heterocycles. The maximum Gasteiger partial charge on any atom is 0.224 e. The van der Waals surface area contributed by atoms with E-state index in [1.807, 2.05) is 24.9 Å². The number of nitrogens with one attached hydrogen (secondary N) is 2. The summed E-state index contributed by atoms with van der Waals surface area (Å²) in [5.41, 5.74) is 1.09. The highest BCUT2D eigenvalue weighted by Gasteiger charge is 2.07. The largest absolute Gasteiger partial charge is 0.366 e.